The molecule has 0 saturated carbocycles. The molecule has 9 heteroatoms. The van der Waals surface area contributed by atoms with Gasteiger partial charge in [0.2, 0.25) is 0 Å². The van der Waals surface area contributed by atoms with Gasteiger partial charge in [-0.05, 0) is 30.5 Å². The standard InChI is InChI=1S/C13H10F3N5S/c1-22-9-5-3-2-4-8(9)17-10-6-7-11-18-19-12(13(14,15)16)21(11)20-10/h2-7H,1H3,(H,17,20). The molecule has 0 saturated heterocycles. The third-order valence-electron chi connectivity index (χ3n) is 2.89. The fraction of sp³-hybridized carbons (Fsp3) is 0.154. The first kappa shape index (κ1) is 14.6. The Morgan fingerprint density at radius 1 is 1.09 bits per heavy atom. The van der Waals surface area contributed by atoms with E-state index in [0.29, 0.717) is 4.52 Å². The van der Waals surface area contributed by atoms with E-state index in [1.807, 2.05) is 30.5 Å². The SMILES string of the molecule is CSc1ccccc1Nc1ccc2nnc(C(F)(F)F)n2n1. The lowest BCUT2D eigenvalue weighted by molar-refractivity contribution is -0.146. The van der Waals surface area contributed by atoms with E-state index in [4.69, 9.17) is 0 Å². The molecule has 1 N–H and O–H groups in total. The fourth-order valence-corrected chi connectivity index (χ4v) is 2.47. The zero-order valence-electron chi connectivity index (χ0n) is 11.3. The number of hydrogen-bond acceptors (Lipinski definition) is 5. The van der Waals surface area contributed by atoms with Crippen LogP contribution in [-0.4, -0.2) is 26.1 Å². The van der Waals surface area contributed by atoms with Crippen LogP contribution in [-0.2, 0) is 6.18 Å². The maximum Gasteiger partial charge on any atom is 0.453 e. The highest BCUT2D eigenvalue weighted by atomic mass is 32.2. The number of thioether (sulfide) groups is 1. The highest BCUT2D eigenvalue weighted by Gasteiger charge is 2.37. The van der Waals surface area contributed by atoms with Crippen molar-refractivity contribution in [2.75, 3.05) is 11.6 Å². The van der Waals surface area contributed by atoms with Crippen LogP contribution in [0.1, 0.15) is 5.82 Å². The number of fused-ring (bicyclic) bond motifs is 1. The lowest BCUT2D eigenvalue weighted by Crippen LogP contribution is -2.13. The van der Waals surface area contributed by atoms with Gasteiger partial charge in [0.1, 0.15) is 0 Å². The van der Waals surface area contributed by atoms with Gasteiger partial charge < -0.3 is 5.32 Å². The summed E-state index contributed by atoms with van der Waals surface area (Å²) >= 11 is 1.53. The van der Waals surface area contributed by atoms with Crippen LogP contribution in [0.2, 0.25) is 0 Å². The first-order chi connectivity index (χ1) is 10.5. The van der Waals surface area contributed by atoms with Gasteiger partial charge in [-0.15, -0.1) is 27.1 Å². The van der Waals surface area contributed by atoms with Crippen LogP contribution >= 0.6 is 11.8 Å². The van der Waals surface area contributed by atoms with E-state index >= 15 is 0 Å². The molecule has 0 aliphatic rings. The summed E-state index contributed by atoms with van der Waals surface area (Å²) in [5, 5.41) is 13.5. The van der Waals surface area contributed by atoms with Gasteiger partial charge in [-0.25, -0.2) is 0 Å². The molecule has 5 nitrogen and oxygen atoms in total. The van der Waals surface area contributed by atoms with Gasteiger partial charge in [0.25, 0.3) is 5.82 Å². The van der Waals surface area contributed by atoms with Gasteiger partial charge in [0.05, 0.1) is 5.69 Å². The van der Waals surface area contributed by atoms with Crippen molar-refractivity contribution < 1.29 is 13.2 Å². The highest BCUT2D eigenvalue weighted by molar-refractivity contribution is 7.98. The van der Waals surface area contributed by atoms with E-state index in [9.17, 15) is 13.2 Å². The van der Waals surface area contributed by atoms with Crippen molar-refractivity contribution in [2.45, 2.75) is 11.1 Å². The van der Waals surface area contributed by atoms with Crippen molar-refractivity contribution in [2.24, 2.45) is 0 Å². The van der Waals surface area contributed by atoms with Crippen LogP contribution in [0.4, 0.5) is 24.7 Å². The van der Waals surface area contributed by atoms with Crippen molar-refractivity contribution >= 4 is 28.9 Å². The molecule has 3 rings (SSSR count). The van der Waals surface area contributed by atoms with Gasteiger partial charge in [-0.1, -0.05) is 12.1 Å². The van der Waals surface area contributed by atoms with Gasteiger partial charge >= 0.3 is 6.18 Å². The molecule has 0 aliphatic carbocycles. The summed E-state index contributed by atoms with van der Waals surface area (Å²) in [6.07, 6.45) is -2.69. The molecule has 2 aromatic heterocycles. The number of rotatable bonds is 3. The molecule has 0 unspecified atom stereocenters. The topological polar surface area (TPSA) is 55.1 Å². The molecule has 3 aromatic rings. The van der Waals surface area contributed by atoms with E-state index in [2.05, 4.69) is 20.6 Å². The summed E-state index contributed by atoms with van der Waals surface area (Å²) in [5.74, 6) is -0.872. The third-order valence-corrected chi connectivity index (χ3v) is 3.68. The van der Waals surface area contributed by atoms with Crippen LogP contribution in [0.25, 0.3) is 5.65 Å². The number of anilines is 2. The number of halogens is 3. The number of para-hydroxylation sites is 1. The molecule has 0 amide bonds. The number of nitrogens with zero attached hydrogens (tertiary/aromatic N) is 4. The van der Waals surface area contributed by atoms with E-state index in [1.165, 1.54) is 17.8 Å². The Morgan fingerprint density at radius 3 is 2.59 bits per heavy atom. The molecular weight excluding hydrogens is 315 g/mol. The number of hydrogen-bond donors (Lipinski definition) is 1. The lowest BCUT2D eigenvalue weighted by Gasteiger charge is -2.10. The third kappa shape index (κ3) is 2.71. The summed E-state index contributed by atoms with van der Waals surface area (Å²) in [7, 11) is 0. The minimum atomic E-state index is -4.61. The summed E-state index contributed by atoms with van der Waals surface area (Å²) in [6.45, 7) is 0. The quantitative estimate of drug-likeness (QED) is 0.746. The summed E-state index contributed by atoms with van der Waals surface area (Å²) in [6, 6.07) is 10.4. The van der Waals surface area contributed by atoms with Crippen molar-refractivity contribution in [3.8, 4) is 0 Å². The van der Waals surface area contributed by atoms with Gasteiger partial charge in [0, 0.05) is 4.90 Å². The van der Waals surface area contributed by atoms with Crippen molar-refractivity contribution in [1.82, 2.24) is 19.8 Å². The number of nitrogens with one attached hydrogen (secondary N) is 1. The molecule has 114 valence electrons. The Kier molecular flexibility index (Phi) is 3.65. The number of aromatic nitrogens is 4. The van der Waals surface area contributed by atoms with Crippen LogP contribution in [0.5, 0.6) is 0 Å². The molecule has 0 fully saturated rings. The predicted octanol–water partition coefficient (Wildman–Crippen LogP) is 3.61. The second-order valence-corrected chi connectivity index (χ2v) is 5.18. The molecule has 0 aliphatic heterocycles. The Labute approximate surface area is 127 Å². The minimum absolute atomic E-state index is 0.0380. The molecule has 1 aromatic carbocycles. The minimum Gasteiger partial charge on any atom is -0.338 e. The lowest BCUT2D eigenvalue weighted by atomic mass is 10.3. The smallest absolute Gasteiger partial charge is 0.338 e. The largest absolute Gasteiger partial charge is 0.453 e. The molecule has 0 spiro atoms. The van der Waals surface area contributed by atoms with E-state index in [-0.39, 0.29) is 11.5 Å². The zero-order chi connectivity index (χ0) is 15.7. The Hall–Kier alpha value is -2.29. The Balaban J connectivity index is 2.01. The molecule has 2 heterocycles. The number of alkyl halides is 3. The van der Waals surface area contributed by atoms with Crippen LogP contribution < -0.4 is 5.32 Å². The second-order valence-electron chi connectivity index (χ2n) is 4.34. The maximum atomic E-state index is 12.8. The van der Waals surface area contributed by atoms with Gasteiger partial charge in [0.15, 0.2) is 11.5 Å². The summed E-state index contributed by atoms with van der Waals surface area (Å²) in [4.78, 5) is 0.962. The normalized spacial score (nSPS) is 11.8. The Bertz CT molecular complexity index is 815. The Morgan fingerprint density at radius 2 is 1.86 bits per heavy atom. The average molecular weight is 325 g/mol. The summed E-state index contributed by atoms with van der Waals surface area (Å²) < 4.78 is 39.2. The zero-order valence-corrected chi connectivity index (χ0v) is 12.1. The monoisotopic (exact) mass is 325 g/mol. The predicted molar refractivity (Wildman–Crippen MR) is 77.3 cm³/mol. The maximum absolute atomic E-state index is 12.8. The van der Waals surface area contributed by atoms with Crippen LogP contribution in [0.3, 0.4) is 0 Å². The van der Waals surface area contributed by atoms with E-state index in [1.54, 1.807) is 6.07 Å². The molecule has 22 heavy (non-hydrogen) atoms. The van der Waals surface area contributed by atoms with E-state index in [0.717, 1.165) is 10.6 Å². The van der Waals surface area contributed by atoms with Crippen LogP contribution in [0.15, 0.2) is 41.3 Å². The van der Waals surface area contributed by atoms with E-state index < -0.39 is 12.0 Å². The van der Waals surface area contributed by atoms with Crippen molar-refractivity contribution in [3.63, 3.8) is 0 Å². The molecule has 0 atom stereocenters. The summed E-state index contributed by atoms with van der Waals surface area (Å²) in [5.41, 5.74) is 0.805. The van der Waals surface area contributed by atoms with Crippen LogP contribution in [0, 0.1) is 0 Å². The molecule has 0 radical (unpaired) electrons. The van der Waals surface area contributed by atoms with Crippen molar-refractivity contribution in [3.05, 3.63) is 42.2 Å². The van der Waals surface area contributed by atoms with Gasteiger partial charge in [-0.2, -0.15) is 17.7 Å². The first-order valence-electron chi connectivity index (χ1n) is 6.19. The average Bonchev–Trinajstić information content (AvgIpc) is 2.91. The number of benzene rings is 1. The van der Waals surface area contributed by atoms with Crippen molar-refractivity contribution in [1.29, 1.82) is 0 Å². The molecular formula is C13H10F3N5S. The molecule has 0 bridgehead atoms. The highest BCUT2D eigenvalue weighted by Crippen LogP contribution is 2.29. The second kappa shape index (κ2) is 5.48. The first-order valence-corrected chi connectivity index (χ1v) is 7.41. The van der Waals surface area contributed by atoms with Gasteiger partial charge in [-0.3, -0.25) is 0 Å². The fourth-order valence-electron chi connectivity index (χ4n) is 1.92.